The van der Waals surface area contributed by atoms with Crippen molar-refractivity contribution in [1.82, 2.24) is 18.6 Å². The van der Waals surface area contributed by atoms with Crippen molar-refractivity contribution in [2.45, 2.75) is 13.8 Å². The predicted molar refractivity (Wildman–Crippen MR) is 93.0 cm³/mol. The molecule has 0 bridgehead atoms. The molecule has 0 amide bonds. The van der Waals surface area contributed by atoms with Gasteiger partial charge in [-0.1, -0.05) is 13.8 Å². The molecule has 1 aliphatic rings. The number of rotatable bonds is 5. The maximum absolute atomic E-state index is 12.6. The van der Waals surface area contributed by atoms with Gasteiger partial charge in [-0.05, 0) is 11.4 Å². The maximum atomic E-state index is 12.6. The zero-order valence-electron chi connectivity index (χ0n) is 13.3. The first-order valence-corrected chi connectivity index (χ1v) is 10.0. The van der Waals surface area contributed by atoms with Gasteiger partial charge in [-0.25, -0.2) is 9.97 Å². The second-order valence-corrected chi connectivity index (χ2v) is 8.15. The highest BCUT2D eigenvalue weighted by Gasteiger charge is 2.31. The molecule has 0 aromatic carbocycles. The summed E-state index contributed by atoms with van der Waals surface area (Å²) >= 11 is 1.62. The standard InChI is InChI=1S/C14H21N5O2S2/c1-3-18(4-2)23(20,21)19-8-6-17(7-9-19)14-13-12(5-10-22-13)15-11-16-14/h5,10-11H,3-4,6-9H2,1-2H3. The minimum atomic E-state index is -3.35. The number of nitrogens with zero attached hydrogens (tertiary/aromatic N) is 5. The SMILES string of the molecule is CCN(CC)S(=O)(=O)N1CCN(c2ncnc3ccsc23)CC1. The highest BCUT2D eigenvalue weighted by atomic mass is 32.2. The molecule has 1 saturated heterocycles. The first kappa shape index (κ1) is 16.6. The van der Waals surface area contributed by atoms with Crippen LogP contribution in [0.4, 0.5) is 5.82 Å². The number of aromatic nitrogens is 2. The lowest BCUT2D eigenvalue weighted by atomic mass is 10.3. The molecule has 0 atom stereocenters. The quantitative estimate of drug-likeness (QED) is 0.811. The Bertz CT molecular complexity index is 764. The van der Waals surface area contributed by atoms with E-state index >= 15 is 0 Å². The van der Waals surface area contributed by atoms with Crippen molar-refractivity contribution >= 4 is 37.6 Å². The van der Waals surface area contributed by atoms with E-state index in [0.29, 0.717) is 39.3 Å². The van der Waals surface area contributed by atoms with E-state index < -0.39 is 10.2 Å². The lowest BCUT2D eigenvalue weighted by Crippen LogP contribution is -2.53. The Balaban J connectivity index is 1.75. The van der Waals surface area contributed by atoms with Gasteiger partial charge in [0, 0.05) is 39.3 Å². The van der Waals surface area contributed by atoms with Crippen LogP contribution in [0, 0.1) is 0 Å². The van der Waals surface area contributed by atoms with Gasteiger partial charge in [0.25, 0.3) is 10.2 Å². The van der Waals surface area contributed by atoms with Crippen molar-refractivity contribution in [3.8, 4) is 0 Å². The molecule has 0 aliphatic carbocycles. The van der Waals surface area contributed by atoms with Crippen LogP contribution in [-0.2, 0) is 10.2 Å². The van der Waals surface area contributed by atoms with E-state index in [4.69, 9.17) is 0 Å². The molecule has 2 aromatic rings. The molecule has 0 radical (unpaired) electrons. The summed E-state index contributed by atoms with van der Waals surface area (Å²) in [6.45, 7) is 6.99. The van der Waals surface area contributed by atoms with Gasteiger partial charge in [-0.15, -0.1) is 11.3 Å². The van der Waals surface area contributed by atoms with Crippen molar-refractivity contribution in [3.05, 3.63) is 17.8 Å². The summed E-state index contributed by atoms with van der Waals surface area (Å²) < 4.78 is 29.3. The van der Waals surface area contributed by atoms with E-state index in [1.165, 1.54) is 4.31 Å². The van der Waals surface area contributed by atoms with Gasteiger partial charge < -0.3 is 4.90 Å². The van der Waals surface area contributed by atoms with Crippen LogP contribution in [0.3, 0.4) is 0 Å². The number of fused-ring (bicyclic) bond motifs is 1. The topological polar surface area (TPSA) is 69.6 Å². The zero-order valence-corrected chi connectivity index (χ0v) is 15.0. The van der Waals surface area contributed by atoms with Gasteiger partial charge in [0.2, 0.25) is 0 Å². The van der Waals surface area contributed by atoms with Crippen LogP contribution in [0.25, 0.3) is 10.2 Å². The Hall–Kier alpha value is -1.29. The molecule has 1 aliphatic heterocycles. The fourth-order valence-corrected chi connectivity index (χ4v) is 5.31. The van der Waals surface area contributed by atoms with E-state index in [1.807, 2.05) is 25.3 Å². The summed E-state index contributed by atoms with van der Waals surface area (Å²) in [4.78, 5) is 10.8. The molecule has 0 saturated carbocycles. The van der Waals surface area contributed by atoms with Crippen LogP contribution in [-0.4, -0.2) is 66.3 Å². The number of thiophene rings is 1. The van der Waals surface area contributed by atoms with E-state index in [-0.39, 0.29) is 0 Å². The predicted octanol–water partition coefficient (Wildman–Crippen LogP) is 1.40. The van der Waals surface area contributed by atoms with Gasteiger partial charge in [0.05, 0.1) is 10.2 Å². The lowest BCUT2D eigenvalue weighted by molar-refractivity contribution is 0.334. The van der Waals surface area contributed by atoms with Gasteiger partial charge in [0.1, 0.15) is 12.1 Å². The van der Waals surface area contributed by atoms with Gasteiger partial charge in [0.15, 0.2) is 0 Å². The number of anilines is 1. The highest BCUT2D eigenvalue weighted by molar-refractivity contribution is 7.86. The van der Waals surface area contributed by atoms with Crippen LogP contribution in [0.15, 0.2) is 17.8 Å². The average Bonchev–Trinajstić information content (AvgIpc) is 3.04. The number of piperazine rings is 1. The fourth-order valence-electron chi connectivity index (χ4n) is 2.84. The van der Waals surface area contributed by atoms with Gasteiger partial charge in [-0.3, -0.25) is 0 Å². The van der Waals surface area contributed by atoms with E-state index in [2.05, 4.69) is 14.9 Å². The molecule has 1 fully saturated rings. The molecule has 7 nitrogen and oxygen atoms in total. The van der Waals surface area contributed by atoms with Crippen LogP contribution < -0.4 is 4.90 Å². The number of hydrogen-bond donors (Lipinski definition) is 0. The Morgan fingerprint density at radius 1 is 1.17 bits per heavy atom. The summed E-state index contributed by atoms with van der Waals surface area (Å²) in [5.74, 6) is 0.907. The van der Waals surface area contributed by atoms with Crippen LogP contribution >= 0.6 is 11.3 Å². The Morgan fingerprint density at radius 2 is 1.87 bits per heavy atom. The zero-order chi connectivity index (χ0) is 16.4. The fraction of sp³-hybridized carbons (Fsp3) is 0.571. The third kappa shape index (κ3) is 3.06. The molecule has 3 rings (SSSR count). The first-order chi connectivity index (χ1) is 11.1. The van der Waals surface area contributed by atoms with Gasteiger partial charge in [-0.2, -0.15) is 17.0 Å². The van der Waals surface area contributed by atoms with Crippen LogP contribution in [0.1, 0.15) is 13.8 Å². The molecule has 0 spiro atoms. The second-order valence-electron chi connectivity index (χ2n) is 5.31. The Morgan fingerprint density at radius 3 is 2.52 bits per heavy atom. The Labute approximate surface area is 140 Å². The summed E-state index contributed by atoms with van der Waals surface area (Å²) in [5.41, 5.74) is 0.943. The highest BCUT2D eigenvalue weighted by Crippen LogP contribution is 2.28. The van der Waals surface area contributed by atoms with Gasteiger partial charge >= 0.3 is 0 Å². The van der Waals surface area contributed by atoms with E-state index in [1.54, 1.807) is 22.0 Å². The minimum absolute atomic E-state index is 0.482. The smallest absolute Gasteiger partial charge is 0.282 e. The molecule has 2 aromatic heterocycles. The summed E-state index contributed by atoms with van der Waals surface area (Å²) in [7, 11) is -3.35. The molecule has 9 heteroatoms. The molecule has 0 N–H and O–H groups in total. The maximum Gasteiger partial charge on any atom is 0.282 e. The van der Waals surface area contributed by atoms with E-state index in [9.17, 15) is 8.42 Å². The van der Waals surface area contributed by atoms with E-state index in [0.717, 1.165) is 16.0 Å². The molecular weight excluding hydrogens is 334 g/mol. The largest absolute Gasteiger partial charge is 0.353 e. The minimum Gasteiger partial charge on any atom is -0.353 e. The molecule has 3 heterocycles. The first-order valence-electron chi connectivity index (χ1n) is 7.76. The third-order valence-electron chi connectivity index (χ3n) is 4.12. The summed E-state index contributed by atoms with van der Waals surface area (Å²) in [6, 6.07) is 1.98. The third-order valence-corrected chi connectivity index (χ3v) is 7.21. The van der Waals surface area contributed by atoms with Crippen molar-refractivity contribution in [1.29, 1.82) is 0 Å². The number of hydrogen-bond acceptors (Lipinski definition) is 6. The Kier molecular flexibility index (Phi) is 4.81. The molecule has 23 heavy (non-hydrogen) atoms. The van der Waals surface area contributed by atoms with Crippen molar-refractivity contribution in [2.75, 3.05) is 44.2 Å². The monoisotopic (exact) mass is 355 g/mol. The molecule has 0 unspecified atom stereocenters. The van der Waals surface area contributed by atoms with Crippen LogP contribution in [0.5, 0.6) is 0 Å². The molecule has 126 valence electrons. The van der Waals surface area contributed by atoms with Crippen molar-refractivity contribution < 1.29 is 8.42 Å². The second kappa shape index (κ2) is 6.68. The summed E-state index contributed by atoms with van der Waals surface area (Å²) in [5, 5.41) is 2.00. The van der Waals surface area contributed by atoms with Crippen LogP contribution in [0.2, 0.25) is 0 Å². The van der Waals surface area contributed by atoms with Crippen molar-refractivity contribution in [3.63, 3.8) is 0 Å². The normalized spacial score (nSPS) is 17.3. The molecular formula is C14H21N5O2S2. The summed E-state index contributed by atoms with van der Waals surface area (Å²) in [6.07, 6.45) is 1.57. The van der Waals surface area contributed by atoms with Crippen molar-refractivity contribution in [2.24, 2.45) is 0 Å². The average molecular weight is 355 g/mol. The lowest BCUT2D eigenvalue weighted by Gasteiger charge is -2.36.